The van der Waals surface area contributed by atoms with E-state index in [4.69, 9.17) is 9.47 Å². The number of likely N-dealkylation sites (N-methyl/N-ethyl adjacent to an activating group) is 1. The first kappa shape index (κ1) is 38.3. The van der Waals surface area contributed by atoms with Crippen LogP contribution in [0.5, 0.6) is 0 Å². The van der Waals surface area contributed by atoms with Crippen LogP contribution in [-0.2, 0) is 28.7 Å². The van der Waals surface area contributed by atoms with Gasteiger partial charge in [-0.25, -0.2) is 0 Å². The number of aliphatic hydroxyl groups is 1. The van der Waals surface area contributed by atoms with Crippen LogP contribution in [0.1, 0.15) is 96.1 Å². The van der Waals surface area contributed by atoms with Gasteiger partial charge in [-0.15, -0.1) is 13.2 Å². The molecule has 3 saturated heterocycles. The van der Waals surface area contributed by atoms with Gasteiger partial charge < -0.3 is 29.3 Å². The number of esters is 1. The number of carbonyl (C=O) groups excluding carboxylic acids is 4. The number of benzene rings is 1. The van der Waals surface area contributed by atoms with Crippen LogP contribution in [0.3, 0.4) is 0 Å². The zero-order chi connectivity index (χ0) is 35.6. The molecular weight excluding hydrogens is 622 g/mol. The molecular formula is C39H57N3O7. The largest absolute Gasteiger partial charge is 0.455 e. The van der Waals surface area contributed by atoms with Gasteiger partial charge in [0.2, 0.25) is 17.7 Å². The summed E-state index contributed by atoms with van der Waals surface area (Å²) in [5, 5.41) is 9.25. The molecule has 3 amide bonds. The first-order valence-corrected chi connectivity index (χ1v) is 18.3. The number of carbonyl (C=O) groups is 4. The highest BCUT2D eigenvalue weighted by atomic mass is 16.6. The van der Waals surface area contributed by atoms with E-state index in [-0.39, 0.29) is 24.3 Å². The number of rotatable bonds is 21. The smallest absolute Gasteiger partial charge is 0.313 e. The van der Waals surface area contributed by atoms with Gasteiger partial charge in [0, 0.05) is 39.7 Å². The lowest BCUT2D eigenvalue weighted by atomic mass is 9.70. The molecule has 3 aliphatic heterocycles. The van der Waals surface area contributed by atoms with Crippen molar-refractivity contribution in [1.29, 1.82) is 0 Å². The summed E-state index contributed by atoms with van der Waals surface area (Å²) in [6.07, 6.45) is 9.80. The maximum atomic E-state index is 14.5. The summed E-state index contributed by atoms with van der Waals surface area (Å²) in [6.45, 7) is 13.0. The molecule has 0 radical (unpaired) electrons. The summed E-state index contributed by atoms with van der Waals surface area (Å²) in [7, 11) is 1.71. The van der Waals surface area contributed by atoms with Crippen molar-refractivity contribution < 1.29 is 33.8 Å². The summed E-state index contributed by atoms with van der Waals surface area (Å²) in [4.78, 5) is 61.4. The Morgan fingerprint density at radius 2 is 1.84 bits per heavy atom. The van der Waals surface area contributed by atoms with Crippen molar-refractivity contribution in [2.45, 2.75) is 114 Å². The minimum Gasteiger partial charge on any atom is -0.455 e. The molecule has 0 aromatic heterocycles. The molecule has 3 heterocycles. The van der Waals surface area contributed by atoms with Crippen LogP contribution in [0.15, 0.2) is 55.6 Å². The number of unbranched alkanes of at least 4 members (excludes halogenated alkanes) is 5. The van der Waals surface area contributed by atoms with Crippen LogP contribution in [0.2, 0.25) is 0 Å². The number of aliphatic hydroxyl groups excluding tert-OH is 1. The lowest BCUT2D eigenvalue weighted by molar-refractivity contribution is -0.164. The Morgan fingerprint density at radius 3 is 2.51 bits per heavy atom. The van der Waals surface area contributed by atoms with Gasteiger partial charge in [-0.05, 0) is 51.0 Å². The molecule has 1 N–H and O–H groups in total. The van der Waals surface area contributed by atoms with E-state index >= 15 is 0 Å². The molecule has 3 aliphatic rings. The van der Waals surface area contributed by atoms with E-state index in [9.17, 15) is 24.3 Å². The Hall–Kier alpha value is -3.50. The fourth-order valence-electron chi connectivity index (χ4n) is 7.98. The third-order valence-corrected chi connectivity index (χ3v) is 10.7. The van der Waals surface area contributed by atoms with Crippen LogP contribution in [0.4, 0.5) is 0 Å². The normalized spacial score (nSPS) is 25.1. The predicted molar refractivity (Wildman–Crippen MR) is 188 cm³/mol. The van der Waals surface area contributed by atoms with Crippen LogP contribution in [0, 0.1) is 11.8 Å². The number of fused-ring (bicyclic) bond motifs is 1. The highest BCUT2D eigenvalue weighted by Crippen LogP contribution is 2.59. The van der Waals surface area contributed by atoms with Crippen LogP contribution < -0.4 is 0 Å². The van der Waals surface area contributed by atoms with E-state index < -0.39 is 47.7 Å². The highest BCUT2D eigenvalue weighted by molar-refractivity contribution is 5.98. The maximum Gasteiger partial charge on any atom is 0.313 e. The molecule has 49 heavy (non-hydrogen) atoms. The molecule has 10 heteroatoms. The van der Waals surface area contributed by atoms with E-state index in [0.717, 1.165) is 37.7 Å². The topological polar surface area (TPSA) is 117 Å². The minimum atomic E-state index is -1.12. The number of ether oxygens (including phenoxy) is 2. The monoisotopic (exact) mass is 679 g/mol. The number of hydrogen-bond acceptors (Lipinski definition) is 7. The highest BCUT2D eigenvalue weighted by Gasteiger charge is 2.75. The summed E-state index contributed by atoms with van der Waals surface area (Å²) in [5.74, 6) is -2.74. The van der Waals surface area contributed by atoms with Gasteiger partial charge in [-0.1, -0.05) is 75.1 Å². The number of amides is 3. The van der Waals surface area contributed by atoms with Crippen molar-refractivity contribution >= 4 is 23.7 Å². The fourth-order valence-corrected chi connectivity index (χ4v) is 7.98. The molecule has 1 aromatic carbocycles. The molecule has 2 bridgehead atoms. The van der Waals surface area contributed by atoms with Gasteiger partial charge in [0.1, 0.15) is 17.7 Å². The van der Waals surface area contributed by atoms with Gasteiger partial charge in [-0.3, -0.25) is 19.2 Å². The van der Waals surface area contributed by atoms with Crippen LogP contribution in [-0.4, -0.2) is 101 Å². The fraction of sp³-hybridized carbons (Fsp3) is 0.641. The Bertz CT molecular complexity index is 1300. The van der Waals surface area contributed by atoms with E-state index in [0.29, 0.717) is 58.2 Å². The van der Waals surface area contributed by atoms with Crippen molar-refractivity contribution in [3.05, 3.63) is 61.2 Å². The average Bonchev–Trinajstić information content (AvgIpc) is 3.75. The Morgan fingerprint density at radius 1 is 1.10 bits per heavy atom. The van der Waals surface area contributed by atoms with Crippen molar-refractivity contribution in [2.24, 2.45) is 11.8 Å². The van der Waals surface area contributed by atoms with Gasteiger partial charge in [0.15, 0.2) is 0 Å². The number of likely N-dealkylation sites (tertiary alicyclic amines) is 1. The molecule has 3 fully saturated rings. The van der Waals surface area contributed by atoms with Crippen molar-refractivity contribution in [2.75, 3.05) is 33.3 Å². The standard InChI is InChI=1S/C39H57N3O7/c1-6-9-16-25-41(24-8-3)37(46)35-39-23-22-30(49-39)32(33(39)36(45)42(35)26-17-11-12-18-27-43)38(47)48-34(29-19-14-13-15-20-29)28(4)40(5)31(44)21-10-7-2/h7-8,13-15,19-20,28,30,32-35,43H,2-3,6,9-12,16-18,21-27H2,1,4-5H3/t28-,30+,32-,33-,34+,35+,39-/m1/s1. The molecule has 0 aliphatic carbocycles. The van der Waals surface area contributed by atoms with Crippen LogP contribution >= 0.6 is 0 Å². The van der Waals surface area contributed by atoms with Gasteiger partial charge >= 0.3 is 5.97 Å². The molecule has 1 spiro atoms. The average molecular weight is 680 g/mol. The lowest BCUT2D eigenvalue weighted by Gasteiger charge is -2.37. The molecule has 10 nitrogen and oxygen atoms in total. The summed E-state index contributed by atoms with van der Waals surface area (Å²) in [5.41, 5.74) is -0.378. The first-order chi connectivity index (χ1) is 23.7. The van der Waals surface area contributed by atoms with E-state index in [2.05, 4.69) is 20.1 Å². The third kappa shape index (κ3) is 8.28. The van der Waals surface area contributed by atoms with Crippen molar-refractivity contribution in [3.8, 4) is 0 Å². The van der Waals surface area contributed by atoms with Crippen LogP contribution in [0.25, 0.3) is 0 Å². The van der Waals surface area contributed by atoms with Crippen molar-refractivity contribution in [1.82, 2.24) is 14.7 Å². The Balaban J connectivity index is 1.64. The summed E-state index contributed by atoms with van der Waals surface area (Å²) < 4.78 is 13.0. The quantitative estimate of drug-likeness (QED) is 0.108. The van der Waals surface area contributed by atoms with Gasteiger partial charge in [0.25, 0.3) is 0 Å². The summed E-state index contributed by atoms with van der Waals surface area (Å²) in [6, 6.07) is 8.02. The third-order valence-electron chi connectivity index (χ3n) is 10.7. The second-order valence-electron chi connectivity index (χ2n) is 13.8. The number of allylic oxidation sites excluding steroid dienone is 1. The molecule has 1 aromatic rings. The minimum absolute atomic E-state index is 0.0865. The Kier molecular flexibility index (Phi) is 14.0. The predicted octanol–water partition coefficient (Wildman–Crippen LogP) is 5.22. The maximum absolute atomic E-state index is 14.5. The number of nitrogens with zero attached hydrogens (tertiary/aromatic N) is 3. The second-order valence-corrected chi connectivity index (χ2v) is 13.8. The summed E-state index contributed by atoms with van der Waals surface area (Å²) >= 11 is 0. The molecule has 0 saturated carbocycles. The van der Waals surface area contributed by atoms with Gasteiger partial charge in [0.05, 0.1) is 24.0 Å². The second kappa shape index (κ2) is 17.9. The SMILES string of the molecule is C=CCCC(=O)N(C)[C@H](C)[C@H](OC(=O)[C@@H]1[C@@H]2CC[C@]3(O2)[C@H](C(=O)N(CC=C)CCCCC)N(CCCCCCO)C(=O)[C@@H]13)c1ccccc1. The molecule has 0 unspecified atom stereocenters. The van der Waals surface area contributed by atoms with E-state index in [1.165, 1.54) is 0 Å². The van der Waals surface area contributed by atoms with Crippen molar-refractivity contribution in [3.63, 3.8) is 0 Å². The number of hydrogen-bond donors (Lipinski definition) is 1. The zero-order valence-corrected chi connectivity index (χ0v) is 29.8. The lowest BCUT2D eigenvalue weighted by Crippen LogP contribution is -2.56. The zero-order valence-electron chi connectivity index (χ0n) is 29.8. The molecule has 7 atom stereocenters. The first-order valence-electron chi connectivity index (χ1n) is 18.3. The molecule has 270 valence electrons. The van der Waals surface area contributed by atoms with E-state index in [1.54, 1.807) is 33.9 Å². The van der Waals surface area contributed by atoms with Gasteiger partial charge in [-0.2, -0.15) is 0 Å². The van der Waals surface area contributed by atoms with E-state index in [1.807, 2.05) is 37.3 Å². The molecule has 4 rings (SSSR count). The Labute approximate surface area is 292 Å².